The molecule has 0 bridgehead atoms. The summed E-state index contributed by atoms with van der Waals surface area (Å²) in [6.45, 7) is 2.18. The van der Waals surface area contributed by atoms with Crippen molar-refractivity contribution in [3.63, 3.8) is 0 Å². The minimum absolute atomic E-state index is 0.317. The van der Waals surface area contributed by atoms with Gasteiger partial charge in [0.1, 0.15) is 16.6 Å². The van der Waals surface area contributed by atoms with Gasteiger partial charge in [-0.1, -0.05) is 24.9 Å². The van der Waals surface area contributed by atoms with Gasteiger partial charge < -0.3 is 5.32 Å². The van der Waals surface area contributed by atoms with E-state index in [0.717, 1.165) is 17.2 Å². The van der Waals surface area contributed by atoms with Crippen LogP contribution in [0.2, 0.25) is 5.15 Å². The van der Waals surface area contributed by atoms with Crippen LogP contribution in [0.4, 0.5) is 5.00 Å². The predicted molar refractivity (Wildman–Crippen MR) is 75.0 cm³/mol. The van der Waals surface area contributed by atoms with Crippen molar-refractivity contribution in [3.05, 3.63) is 10.7 Å². The molecule has 0 amide bonds. The molecule has 3 nitrogen and oxygen atoms in total. The Morgan fingerprint density at radius 1 is 1.65 bits per heavy atom. The van der Waals surface area contributed by atoms with E-state index in [0.29, 0.717) is 22.0 Å². The average Bonchev–Trinajstić information content (AvgIpc) is 2.88. The van der Waals surface area contributed by atoms with Crippen LogP contribution in [0.5, 0.6) is 0 Å². The molecular weight excluding hydrogens is 274 g/mol. The number of thioether (sulfide) groups is 1. The van der Waals surface area contributed by atoms with Gasteiger partial charge in [0, 0.05) is 11.3 Å². The van der Waals surface area contributed by atoms with Crippen LogP contribution in [-0.2, 0) is 0 Å². The molecule has 2 rings (SSSR count). The highest BCUT2D eigenvalue weighted by atomic mass is 35.5. The minimum atomic E-state index is 0.317. The summed E-state index contributed by atoms with van der Waals surface area (Å²) in [5, 5.41) is 14.3. The van der Waals surface area contributed by atoms with E-state index in [1.807, 2.05) is 11.8 Å². The quantitative estimate of drug-likeness (QED) is 0.916. The molecule has 1 aliphatic rings. The lowest BCUT2D eigenvalue weighted by molar-refractivity contribution is 0.770. The Morgan fingerprint density at radius 2 is 2.47 bits per heavy atom. The van der Waals surface area contributed by atoms with Crippen molar-refractivity contribution in [1.29, 1.82) is 5.26 Å². The van der Waals surface area contributed by atoms with E-state index in [9.17, 15) is 0 Å². The molecule has 2 unspecified atom stereocenters. The summed E-state index contributed by atoms with van der Waals surface area (Å²) >= 11 is 9.13. The van der Waals surface area contributed by atoms with Crippen LogP contribution < -0.4 is 5.32 Å². The van der Waals surface area contributed by atoms with E-state index < -0.39 is 0 Å². The predicted octanol–water partition coefficient (Wildman–Crippen LogP) is 3.75. The first-order chi connectivity index (χ1) is 8.26. The van der Waals surface area contributed by atoms with E-state index in [-0.39, 0.29) is 0 Å². The fourth-order valence-electron chi connectivity index (χ4n) is 2.14. The second-order valence-electron chi connectivity index (χ2n) is 3.96. The van der Waals surface area contributed by atoms with Gasteiger partial charge in [0.05, 0.1) is 0 Å². The fraction of sp³-hybridized carbons (Fsp3) is 0.636. The number of anilines is 1. The first-order valence-corrected chi connectivity index (χ1v) is 7.89. The number of hydrogen-bond donors (Lipinski definition) is 1. The summed E-state index contributed by atoms with van der Waals surface area (Å²) in [6.07, 6.45) is 3.67. The Labute approximate surface area is 115 Å². The maximum atomic E-state index is 9.02. The number of rotatable bonds is 4. The van der Waals surface area contributed by atoms with Gasteiger partial charge in [-0.2, -0.15) is 21.4 Å². The molecule has 1 aliphatic carbocycles. The van der Waals surface area contributed by atoms with Crippen molar-refractivity contribution in [2.24, 2.45) is 0 Å². The van der Waals surface area contributed by atoms with E-state index in [1.165, 1.54) is 24.4 Å². The zero-order valence-corrected chi connectivity index (χ0v) is 12.0. The monoisotopic (exact) mass is 287 g/mol. The van der Waals surface area contributed by atoms with Gasteiger partial charge in [-0.25, -0.2) is 0 Å². The first kappa shape index (κ1) is 13.0. The third-order valence-electron chi connectivity index (χ3n) is 2.91. The molecule has 0 aliphatic heterocycles. The number of aromatic nitrogens is 1. The summed E-state index contributed by atoms with van der Waals surface area (Å²) in [7, 11) is 0. The summed E-state index contributed by atoms with van der Waals surface area (Å²) in [6, 6.07) is 2.56. The number of hydrogen-bond acceptors (Lipinski definition) is 5. The largest absolute Gasteiger partial charge is 0.371 e. The van der Waals surface area contributed by atoms with Crippen LogP contribution >= 0.6 is 34.9 Å². The molecule has 0 spiro atoms. The number of nitrogens with zero attached hydrogens (tertiary/aromatic N) is 2. The number of nitrogens with one attached hydrogen (secondary N) is 1. The van der Waals surface area contributed by atoms with E-state index >= 15 is 0 Å². The highest BCUT2D eigenvalue weighted by Gasteiger charge is 2.28. The molecule has 1 N–H and O–H groups in total. The van der Waals surface area contributed by atoms with Gasteiger partial charge in [0.2, 0.25) is 0 Å². The summed E-state index contributed by atoms with van der Waals surface area (Å²) in [5.41, 5.74) is 0.490. The van der Waals surface area contributed by atoms with E-state index in [4.69, 9.17) is 16.9 Å². The third-order valence-corrected chi connectivity index (χ3v) is 5.39. The van der Waals surface area contributed by atoms with Crippen LogP contribution in [0, 0.1) is 11.3 Å². The van der Waals surface area contributed by atoms with Crippen LogP contribution in [0.25, 0.3) is 0 Å². The van der Waals surface area contributed by atoms with Crippen molar-refractivity contribution < 1.29 is 0 Å². The van der Waals surface area contributed by atoms with Gasteiger partial charge in [0.25, 0.3) is 0 Å². The molecule has 6 heteroatoms. The highest BCUT2D eigenvalue weighted by Crippen LogP contribution is 2.35. The average molecular weight is 288 g/mol. The molecule has 0 aromatic carbocycles. The van der Waals surface area contributed by atoms with Crippen molar-refractivity contribution in [3.8, 4) is 6.07 Å². The summed E-state index contributed by atoms with van der Waals surface area (Å²) in [5.74, 6) is 1.14. The highest BCUT2D eigenvalue weighted by molar-refractivity contribution is 7.99. The lowest BCUT2D eigenvalue weighted by Gasteiger charge is -2.20. The Balaban J connectivity index is 2.07. The Kier molecular flexibility index (Phi) is 4.55. The van der Waals surface area contributed by atoms with E-state index in [2.05, 4.69) is 22.7 Å². The second-order valence-corrected chi connectivity index (χ2v) is 6.61. The van der Waals surface area contributed by atoms with Crippen molar-refractivity contribution >= 4 is 39.9 Å². The van der Waals surface area contributed by atoms with Crippen LogP contribution in [0.15, 0.2) is 0 Å². The van der Waals surface area contributed by atoms with E-state index in [1.54, 1.807) is 0 Å². The normalized spacial score (nSPS) is 23.6. The summed E-state index contributed by atoms with van der Waals surface area (Å²) in [4.78, 5) is 0. The molecule has 0 saturated heterocycles. The van der Waals surface area contributed by atoms with Gasteiger partial charge in [-0.3, -0.25) is 0 Å². The molecule has 2 atom stereocenters. The van der Waals surface area contributed by atoms with Gasteiger partial charge in [-0.05, 0) is 30.1 Å². The molecule has 1 saturated carbocycles. The molecule has 1 heterocycles. The number of nitriles is 1. The minimum Gasteiger partial charge on any atom is -0.371 e. The maximum Gasteiger partial charge on any atom is 0.162 e. The molecule has 92 valence electrons. The van der Waals surface area contributed by atoms with Gasteiger partial charge in [-0.15, -0.1) is 0 Å². The smallest absolute Gasteiger partial charge is 0.162 e. The lowest BCUT2D eigenvalue weighted by atomic mass is 10.2. The molecule has 1 aromatic rings. The lowest BCUT2D eigenvalue weighted by Crippen LogP contribution is -2.26. The topological polar surface area (TPSA) is 48.7 Å². The molecule has 0 radical (unpaired) electrons. The first-order valence-electron chi connectivity index (χ1n) is 5.69. The fourth-order valence-corrected chi connectivity index (χ4v) is 4.33. The van der Waals surface area contributed by atoms with Crippen LogP contribution in [0.3, 0.4) is 0 Å². The SMILES string of the molecule is CCSC1CCCC1Nc1snc(Cl)c1C#N. The maximum absolute atomic E-state index is 9.02. The molecular formula is C11H14ClN3S2. The standard InChI is InChI=1S/C11H14ClN3S2/c1-2-16-9-5-3-4-8(9)14-11-7(6-13)10(12)15-17-11/h8-9,14H,2-5H2,1H3. The molecule has 1 fully saturated rings. The second kappa shape index (κ2) is 5.94. The van der Waals surface area contributed by atoms with Gasteiger partial charge >= 0.3 is 0 Å². The van der Waals surface area contributed by atoms with Crippen molar-refractivity contribution in [2.75, 3.05) is 11.1 Å². The van der Waals surface area contributed by atoms with Crippen molar-refractivity contribution in [1.82, 2.24) is 4.37 Å². The Bertz CT molecular complexity index is 427. The van der Waals surface area contributed by atoms with Crippen molar-refractivity contribution in [2.45, 2.75) is 37.5 Å². The Hall–Kier alpha value is -0.440. The zero-order chi connectivity index (χ0) is 12.3. The zero-order valence-electron chi connectivity index (χ0n) is 9.57. The molecule has 17 heavy (non-hydrogen) atoms. The molecule has 1 aromatic heterocycles. The Morgan fingerprint density at radius 3 is 3.18 bits per heavy atom. The number of halogens is 1. The van der Waals surface area contributed by atoms with Gasteiger partial charge in [0.15, 0.2) is 5.15 Å². The summed E-state index contributed by atoms with van der Waals surface area (Å²) < 4.78 is 4.02. The van der Waals surface area contributed by atoms with Crippen LogP contribution in [-0.4, -0.2) is 21.4 Å². The van der Waals surface area contributed by atoms with Crippen LogP contribution in [0.1, 0.15) is 31.7 Å². The third kappa shape index (κ3) is 2.87.